The number of methoxy groups -OCH3 is 1. The number of alkyl halides is 3. The molecule has 2 aromatic rings. The second kappa shape index (κ2) is 8.48. The van der Waals surface area contributed by atoms with Crippen molar-refractivity contribution in [1.82, 2.24) is 15.1 Å². The Morgan fingerprint density at radius 3 is 2.34 bits per heavy atom. The van der Waals surface area contributed by atoms with E-state index in [0.717, 1.165) is 12.1 Å². The molecule has 0 saturated heterocycles. The third-order valence-corrected chi connectivity index (χ3v) is 5.17. The van der Waals surface area contributed by atoms with Crippen LogP contribution in [0.15, 0.2) is 24.3 Å². The first-order valence-corrected chi connectivity index (χ1v) is 9.10. The van der Waals surface area contributed by atoms with Crippen molar-refractivity contribution >= 4 is 5.91 Å². The zero-order valence-corrected chi connectivity index (χ0v) is 15.6. The summed E-state index contributed by atoms with van der Waals surface area (Å²) in [5.41, 5.74) is -1.94. The van der Waals surface area contributed by atoms with Crippen molar-refractivity contribution in [2.45, 2.75) is 50.6 Å². The Kier molecular flexibility index (Phi) is 6.21. The van der Waals surface area contributed by atoms with Crippen molar-refractivity contribution in [3.05, 3.63) is 52.9 Å². The number of rotatable bonds is 5. The average molecular weight is 417 g/mol. The number of ether oxygens (including phenoxy) is 1. The number of carbonyl (C=O) groups excluding carboxylic acids is 1. The molecule has 0 bridgehead atoms. The van der Waals surface area contributed by atoms with Crippen LogP contribution in [0.4, 0.5) is 22.0 Å². The summed E-state index contributed by atoms with van der Waals surface area (Å²) in [7, 11) is 1.57. The minimum absolute atomic E-state index is 0.00983. The highest BCUT2D eigenvalue weighted by Gasteiger charge is 2.36. The lowest BCUT2D eigenvalue weighted by atomic mass is 9.91. The van der Waals surface area contributed by atoms with Gasteiger partial charge in [0.25, 0.3) is 5.91 Å². The van der Waals surface area contributed by atoms with Gasteiger partial charge in [-0.15, -0.1) is 0 Å². The summed E-state index contributed by atoms with van der Waals surface area (Å²) >= 11 is 0. The molecule has 3 rings (SSSR count). The molecule has 1 aromatic carbocycles. The van der Waals surface area contributed by atoms with Crippen molar-refractivity contribution in [2.24, 2.45) is 0 Å². The van der Waals surface area contributed by atoms with E-state index in [1.54, 1.807) is 12.2 Å². The summed E-state index contributed by atoms with van der Waals surface area (Å²) in [4.78, 5) is 14.2. The lowest BCUT2D eigenvalue weighted by molar-refractivity contribution is -0.141. The van der Waals surface area contributed by atoms with Crippen molar-refractivity contribution in [2.75, 3.05) is 7.11 Å². The molecule has 1 N–H and O–H groups in total. The second-order valence-corrected chi connectivity index (χ2v) is 6.96. The largest absolute Gasteiger partial charge is 0.432 e. The standard InChI is InChI=1S/C19H20F5N3O2/c1-29-12-7-5-11(6-8-12)27(10-13-14(20)3-2-4-15(13)21)18(28)16-9-17(26-25-16)19(22,23)24/h2-4,9,11-12H,5-8,10H2,1H3,(H,25,26). The molecule has 1 aliphatic rings. The number of carbonyl (C=O) groups is 1. The summed E-state index contributed by atoms with van der Waals surface area (Å²) in [6.45, 7) is -0.409. The molecule has 1 amide bonds. The third-order valence-electron chi connectivity index (χ3n) is 5.17. The normalized spacial score (nSPS) is 19.9. The van der Waals surface area contributed by atoms with Gasteiger partial charge in [0.05, 0.1) is 12.6 Å². The minimum Gasteiger partial charge on any atom is -0.381 e. The molecule has 0 spiro atoms. The number of hydrogen-bond acceptors (Lipinski definition) is 3. The van der Waals surface area contributed by atoms with Gasteiger partial charge < -0.3 is 9.64 Å². The zero-order chi connectivity index (χ0) is 21.2. The van der Waals surface area contributed by atoms with Gasteiger partial charge in [-0.3, -0.25) is 9.89 Å². The van der Waals surface area contributed by atoms with Crippen LogP contribution < -0.4 is 0 Å². The smallest absolute Gasteiger partial charge is 0.381 e. The van der Waals surface area contributed by atoms with Crippen LogP contribution in [0.1, 0.15) is 47.4 Å². The van der Waals surface area contributed by atoms with E-state index < -0.39 is 47.7 Å². The molecule has 1 aliphatic carbocycles. The van der Waals surface area contributed by atoms with Crippen molar-refractivity contribution in [1.29, 1.82) is 0 Å². The Bertz CT molecular complexity index is 840. The fourth-order valence-corrected chi connectivity index (χ4v) is 3.54. The molecule has 0 unspecified atom stereocenters. The maximum Gasteiger partial charge on any atom is 0.432 e. The Morgan fingerprint density at radius 2 is 1.83 bits per heavy atom. The van der Waals surface area contributed by atoms with Gasteiger partial charge in [-0.05, 0) is 37.8 Å². The van der Waals surface area contributed by atoms with E-state index in [1.165, 1.54) is 11.0 Å². The van der Waals surface area contributed by atoms with Crippen LogP contribution in [-0.4, -0.2) is 40.3 Å². The van der Waals surface area contributed by atoms with E-state index in [1.807, 2.05) is 0 Å². The Labute approximate surface area is 163 Å². The molecule has 10 heteroatoms. The lowest BCUT2D eigenvalue weighted by Crippen LogP contribution is -2.43. The predicted molar refractivity (Wildman–Crippen MR) is 92.9 cm³/mol. The number of nitrogens with one attached hydrogen (secondary N) is 1. The van der Waals surface area contributed by atoms with E-state index >= 15 is 0 Å². The maximum atomic E-state index is 14.2. The summed E-state index contributed by atoms with van der Waals surface area (Å²) in [6, 6.07) is 3.54. The van der Waals surface area contributed by atoms with Crippen LogP contribution in [0.3, 0.4) is 0 Å². The molecule has 0 atom stereocenters. The van der Waals surface area contributed by atoms with Crippen molar-refractivity contribution < 1.29 is 31.5 Å². The average Bonchev–Trinajstić information content (AvgIpc) is 3.18. The fourth-order valence-electron chi connectivity index (χ4n) is 3.54. The number of nitrogens with zero attached hydrogens (tertiary/aromatic N) is 2. The number of H-pyrrole nitrogens is 1. The van der Waals surface area contributed by atoms with Crippen LogP contribution in [-0.2, 0) is 17.5 Å². The van der Waals surface area contributed by atoms with Crippen LogP contribution >= 0.6 is 0 Å². The van der Waals surface area contributed by atoms with Crippen molar-refractivity contribution in [3.8, 4) is 0 Å². The number of halogens is 5. The quantitative estimate of drug-likeness (QED) is 0.738. The van der Waals surface area contributed by atoms with E-state index in [0.29, 0.717) is 31.7 Å². The molecule has 0 aliphatic heterocycles. The molecule has 0 radical (unpaired) electrons. The Morgan fingerprint density at radius 1 is 1.21 bits per heavy atom. The van der Waals surface area contributed by atoms with Crippen LogP contribution in [0.2, 0.25) is 0 Å². The highest BCUT2D eigenvalue weighted by Crippen LogP contribution is 2.30. The molecule has 29 heavy (non-hydrogen) atoms. The minimum atomic E-state index is -4.69. The topological polar surface area (TPSA) is 58.2 Å². The molecule has 5 nitrogen and oxygen atoms in total. The fraction of sp³-hybridized carbons (Fsp3) is 0.474. The highest BCUT2D eigenvalue weighted by molar-refractivity contribution is 5.92. The van der Waals surface area contributed by atoms with Gasteiger partial charge in [-0.25, -0.2) is 8.78 Å². The monoisotopic (exact) mass is 417 g/mol. The molecule has 1 aromatic heterocycles. The molecular formula is C19H20F5N3O2. The summed E-state index contributed by atoms with van der Waals surface area (Å²) in [5.74, 6) is -2.47. The third kappa shape index (κ3) is 4.75. The van der Waals surface area contributed by atoms with Gasteiger partial charge >= 0.3 is 6.18 Å². The first kappa shape index (κ1) is 21.2. The molecule has 1 fully saturated rings. The summed E-state index contributed by atoms with van der Waals surface area (Å²) < 4.78 is 72.1. The van der Waals surface area contributed by atoms with Crippen LogP contribution in [0.25, 0.3) is 0 Å². The number of amides is 1. The molecule has 1 saturated carbocycles. The Hall–Kier alpha value is -2.49. The molecule has 158 valence electrons. The highest BCUT2D eigenvalue weighted by atomic mass is 19.4. The van der Waals surface area contributed by atoms with E-state index in [9.17, 15) is 26.7 Å². The first-order chi connectivity index (χ1) is 13.7. The van der Waals surface area contributed by atoms with Crippen molar-refractivity contribution in [3.63, 3.8) is 0 Å². The number of hydrogen-bond donors (Lipinski definition) is 1. The van der Waals surface area contributed by atoms with E-state index in [4.69, 9.17) is 4.74 Å². The second-order valence-electron chi connectivity index (χ2n) is 6.96. The lowest BCUT2D eigenvalue weighted by Gasteiger charge is -2.36. The van der Waals surface area contributed by atoms with Gasteiger partial charge in [0.15, 0.2) is 5.69 Å². The molecule has 1 heterocycles. The number of benzene rings is 1. The number of aromatic nitrogens is 2. The van der Waals surface area contributed by atoms with E-state index in [-0.39, 0.29) is 11.7 Å². The summed E-state index contributed by atoms with van der Waals surface area (Å²) in [6.07, 6.45) is -2.44. The number of aromatic amines is 1. The van der Waals surface area contributed by atoms with Gasteiger partial charge in [0.1, 0.15) is 17.3 Å². The van der Waals surface area contributed by atoms with Gasteiger partial charge in [0.2, 0.25) is 0 Å². The van der Waals surface area contributed by atoms with Crippen LogP contribution in [0.5, 0.6) is 0 Å². The van der Waals surface area contributed by atoms with Crippen LogP contribution in [0, 0.1) is 11.6 Å². The maximum absolute atomic E-state index is 14.2. The first-order valence-electron chi connectivity index (χ1n) is 9.10. The SMILES string of the molecule is COC1CCC(N(Cc2c(F)cccc2F)C(=O)c2cc(C(F)(F)F)[nH]n2)CC1. The van der Waals surface area contributed by atoms with E-state index in [2.05, 4.69) is 5.10 Å². The zero-order valence-electron chi connectivity index (χ0n) is 15.6. The summed E-state index contributed by atoms with van der Waals surface area (Å²) in [5, 5.41) is 5.26. The van der Waals surface area contributed by atoms with Gasteiger partial charge in [0, 0.05) is 24.8 Å². The molecular weight excluding hydrogens is 397 g/mol. The Balaban J connectivity index is 1.90. The van der Waals surface area contributed by atoms with Gasteiger partial charge in [-0.1, -0.05) is 6.07 Å². The predicted octanol–water partition coefficient (Wildman–Crippen LogP) is 4.31. The van der Waals surface area contributed by atoms with Gasteiger partial charge in [-0.2, -0.15) is 18.3 Å².